The molecule has 2 amide bonds. The molecule has 2 rings (SSSR count). The third-order valence-electron chi connectivity index (χ3n) is 4.13. The van der Waals surface area contributed by atoms with Gasteiger partial charge in [-0.25, -0.2) is 0 Å². The SMILES string of the molecule is COc1cc(NC(=S)NC(=O)c2cccc(C)c2OC)ccc1NC(=O)C(C)C. The van der Waals surface area contributed by atoms with Crippen molar-refractivity contribution in [2.24, 2.45) is 5.92 Å². The predicted molar refractivity (Wildman–Crippen MR) is 118 cm³/mol. The smallest absolute Gasteiger partial charge is 0.261 e. The third-order valence-corrected chi connectivity index (χ3v) is 4.33. The lowest BCUT2D eigenvalue weighted by molar-refractivity contribution is -0.118. The normalized spacial score (nSPS) is 10.3. The summed E-state index contributed by atoms with van der Waals surface area (Å²) in [5.41, 5.74) is 2.39. The van der Waals surface area contributed by atoms with Gasteiger partial charge in [-0.1, -0.05) is 26.0 Å². The van der Waals surface area contributed by atoms with Crippen molar-refractivity contribution < 1.29 is 19.1 Å². The second kappa shape index (κ2) is 9.88. The van der Waals surface area contributed by atoms with Crippen LogP contribution in [0, 0.1) is 12.8 Å². The molecule has 8 heteroatoms. The van der Waals surface area contributed by atoms with Gasteiger partial charge in [0, 0.05) is 17.7 Å². The Morgan fingerprint density at radius 3 is 2.38 bits per heavy atom. The first kappa shape index (κ1) is 22.2. The first-order valence-corrected chi connectivity index (χ1v) is 9.42. The maximum absolute atomic E-state index is 12.5. The number of para-hydroxylation sites is 1. The molecule has 0 aliphatic heterocycles. The highest BCUT2D eigenvalue weighted by Crippen LogP contribution is 2.28. The molecule has 0 fully saturated rings. The van der Waals surface area contributed by atoms with Gasteiger partial charge >= 0.3 is 0 Å². The Balaban J connectivity index is 2.10. The molecule has 0 radical (unpaired) electrons. The molecule has 2 aromatic carbocycles. The number of thiocarbonyl (C=S) groups is 1. The van der Waals surface area contributed by atoms with Gasteiger partial charge in [0.1, 0.15) is 11.5 Å². The van der Waals surface area contributed by atoms with E-state index in [9.17, 15) is 9.59 Å². The van der Waals surface area contributed by atoms with Gasteiger partial charge in [-0.15, -0.1) is 0 Å². The molecule has 0 spiro atoms. The fraction of sp³-hybridized carbons (Fsp3) is 0.286. The van der Waals surface area contributed by atoms with E-state index in [-0.39, 0.29) is 22.8 Å². The molecule has 0 aromatic heterocycles. The summed E-state index contributed by atoms with van der Waals surface area (Å²) in [6, 6.07) is 10.4. The van der Waals surface area contributed by atoms with Crippen LogP contribution < -0.4 is 25.4 Å². The quantitative estimate of drug-likeness (QED) is 0.623. The third kappa shape index (κ3) is 5.68. The fourth-order valence-corrected chi connectivity index (χ4v) is 2.79. The molecular formula is C21H25N3O4S. The van der Waals surface area contributed by atoms with E-state index in [1.165, 1.54) is 14.2 Å². The van der Waals surface area contributed by atoms with Crippen LogP contribution in [0.3, 0.4) is 0 Å². The minimum Gasteiger partial charge on any atom is -0.496 e. The lowest BCUT2D eigenvalue weighted by Gasteiger charge is -2.15. The van der Waals surface area contributed by atoms with Crippen LogP contribution in [0.2, 0.25) is 0 Å². The molecule has 0 bridgehead atoms. The number of aryl methyl sites for hydroxylation is 1. The van der Waals surface area contributed by atoms with Gasteiger partial charge in [0.2, 0.25) is 5.91 Å². The van der Waals surface area contributed by atoms with Gasteiger partial charge in [0.05, 0.1) is 25.5 Å². The number of ether oxygens (including phenoxy) is 2. The fourth-order valence-electron chi connectivity index (χ4n) is 2.58. The minimum atomic E-state index is -0.379. The number of carbonyl (C=O) groups is 2. The number of hydrogen-bond donors (Lipinski definition) is 3. The number of nitrogens with one attached hydrogen (secondary N) is 3. The lowest BCUT2D eigenvalue weighted by atomic mass is 10.1. The van der Waals surface area contributed by atoms with Crippen molar-refractivity contribution in [2.45, 2.75) is 20.8 Å². The summed E-state index contributed by atoms with van der Waals surface area (Å²) in [6.07, 6.45) is 0. The zero-order chi connectivity index (χ0) is 21.6. The van der Waals surface area contributed by atoms with E-state index in [0.717, 1.165) is 5.56 Å². The first-order valence-electron chi connectivity index (χ1n) is 9.01. The van der Waals surface area contributed by atoms with Gasteiger partial charge in [-0.3, -0.25) is 14.9 Å². The number of methoxy groups -OCH3 is 2. The van der Waals surface area contributed by atoms with Crippen LogP contribution in [0.25, 0.3) is 0 Å². The average Bonchev–Trinajstić information content (AvgIpc) is 2.68. The number of benzene rings is 2. The maximum atomic E-state index is 12.5. The van der Waals surface area contributed by atoms with E-state index in [1.807, 2.05) is 26.8 Å². The molecule has 3 N–H and O–H groups in total. The highest BCUT2D eigenvalue weighted by molar-refractivity contribution is 7.80. The van der Waals surface area contributed by atoms with Crippen LogP contribution >= 0.6 is 12.2 Å². The summed E-state index contributed by atoms with van der Waals surface area (Å²) < 4.78 is 10.7. The summed E-state index contributed by atoms with van der Waals surface area (Å²) >= 11 is 5.25. The minimum absolute atomic E-state index is 0.112. The van der Waals surface area contributed by atoms with Crippen LogP contribution in [0.4, 0.5) is 11.4 Å². The molecule has 0 aliphatic carbocycles. The molecule has 0 heterocycles. The van der Waals surface area contributed by atoms with Crippen molar-refractivity contribution in [2.75, 3.05) is 24.9 Å². The van der Waals surface area contributed by atoms with Crippen LogP contribution in [0.5, 0.6) is 11.5 Å². The van der Waals surface area contributed by atoms with E-state index < -0.39 is 0 Å². The second-order valence-corrected chi connectivity index (χ2v) is 7.03. The Bertz CT molecular complexity index is 928. The molecule has 0 saturated carbocycles. The number of anilines is 2. The van der Waals surface area contributed by atoms with Crippen LogP contribution in [-0.4, -0.2) is 31.1 Å². The van der Waals surface area contributed by atoms with E-state index >= 15 is 0 Å². The number of hydrogen-bond acceptors (Lipinski definition) is 5. The standard InChI is InChI=1S/C21H25N3O4S/c1-12(2)19(25)23-16-10-9-14(11-17(16)27-4)22-21(29)24-20(26)15-8-6-7-13(3)18(15)28-5/h6-12H,1-5H3,(H,23,25)(H2,22,24,26,29). The Morgan fingerprint density at radius 1 is 1.03 bits per heavy atom. The topological polar surface area (TPSA) is 88.7 Å². The van der Waals surface area contributed by atoms with Crippen LogP contribution in [-0.2, 0) is 4.79 Å². The Hall–Kier alpha value is -3.13. The lowest BCUT2D eigenvalue weighted by Crippen LogP contribution is -2.34. The molecule has 0 atom stereocenters. The molecule has 0 saturated heterocycles. The summed E-state index contributed by atoms with van der Waals surface area (Å²) in [4.78, 5) is 24.5. The Labute approximate surface area is 175 Å². The van der Waals surface area contributed by atoms with Gasteiger partial charge < -0.3 is 20.1 Å². The van der Waals surface area contributed by atoms with Gasteiger partial charge in [-0.05, 0) is 42.9 Å². The summed E-state index contributed by atoms with van der Waals surface area (Å²) in [5.74, 6) is 0.326. The van der Waals surface area contributed by atoms with Gasteiger partial charge in [-0.2, -0.15) is 0 Å². The molecule has 2 aromatic rings. The van der Waals surface area contributed by atoms with Crippen molar-refractivity contribution in [3.05, 3.63) is 47.5 Å². The van der Waals surface area contributed by atoms with Crippen molar-refractivity contribution in [3.63, 3.8) is 0 Å². The molecule has 7 nitrogen and oxygen atoms in total. The zero-order valence-corrected chi connectivity index (χ0v) is 17.9. The molecular weight excluding hydrogens is 390 g/mol. The highest BCUT2D eigenvalue weighted by Gasteiger charge is 2.16. The monoisotopic (exact) mass is 415 g/mol. The Morgan fingerprint density at radius 2 is 1.76 bits per heavy atom. The average molecular weight is 416 g/mol. The van der Waals surface area contributed by atoms with Crippen molar-refractivity contribution >= 4 is 40.5 Å². The van der Waals surface area contributed by atoms with E-state index in [2.05, 4.69) is 16.0 Å². The van der Waals surface area contributed by atoms with Crippen molar-refractivity contribution in [3.8, 4) is 11.5 Å². The van der Waals surface area contributed by atoms with E-state index in [4.69, 9.17) is 21.7 Å². The number of rotatable bonds is 6. The molecule has 0 unspecified atom stereocenters. The van der Waals surface area contributed by atoms with Gasteiger partial charge in [0.15, 0.2) is 5.11 Å². The van der Waals surface area contributed by atoms with Gasteiger partial charge in [0.25, 0.3) is 5.91 Å². The van der Waals surface area contributed by atoms with Crippen molar-refractivity contribution in [1.29, 1.82) is 0 Å². The molecule has 0 aliphatic rings. The summed E-state index contributed by atoms with van der Waals surface area (Å²) in [6.45, 7) is 5.47. The highest BCUT2D eigenvalue weighted by atomic mass is 32.1. The second-order valence-electron chi connectivity index (χ2n) is 6.62. The Kier molecular flexibility index (Phi) is 7.55. The van der Waals surface area contributed by atoms with E-state index in [0.29, 0.717) is 28.4 Å². The largest absolute Gasteiger partial charge is 0.496 e. The predicted octanol–water partition coefficient (Wildman–Crippen LogP) is 3.73. The van der Waals surface area contributed by atoms with E-state index in [1.54, 1.807) is 30.3 Å². The summed E-state index contributed by atoms with van der Waals surface area (Å²) in [5, 5.41) is 8.50. The van der Waals surface area contributed by atoms with Crippen LogP contribution in [0.1, 0.15) is 29.8 Å². The zero-order valence-electron chi connectivity index (χ0n) is 17.1. The molecule has 29 heavy (non-hydrogen) atoms. The number of carbonyl (C=O) groups excluding carboxylic acids is 2. The first-order chi connectivity index (χ1) is 13.8. The van der Waals surface area contributed by atoms with Crippen LogP contribution in [0.15, 0.2) is 36.4 Å². The molecule has 154 valence electrons. The van der Waals surface area contributed by atoms with Crippen molar-refractivity contribution in [1.82, 2.24) is 5.32 Å². The summed E-state index contributed by atoms with van der Waals surface area (Å²) in [7, 11) is 3.02. The maximum Gasteiger partial charge on any atom is 0.261 e. The number of amides is 2.